The van der Waals surface area contributed by atoms with Crippen molar-refractivity contribution in [1.82, 2.24) is 0 Å². The van der Waals surface area contributed by atoms with Gasteiger partial charge in [-0.25, -0.2) is 0 Å². The number of ether oxygens (including phenoxy) is 2. The molecule has 0 aliphatic heterocycles. The highest BCUT2D eigenvalue weighted by molar-refractivity contribution is 5.95. The summed E-state index contributed by atoms with van der Waals surface area (Å²) in [6.07, 6.45) is 1.02. The van der Waals surface area contributed by atoms with Crippen molar-refractivity contribution in [1.29, 1.82) is 0 Å². The SMILES string of the molecule is CC.CCc1ccc2c(OC)c(C)cc(OC)c2c1. The molecule has 0 atom stereocenters. The van der Waals surface area contributed by atoms with Crippen LogP contribution in [0.2, 0.25) is 0 Å². The molecular formula is C17H24O2. The zero-order valence-electron chi connectivity index (χ0n) is 12.8. The van der Waals surface area contributed by atoms with Gasteiger partial charge < -0.3 is 9.47 Å². The molecule has 0 fully saturated rings. The molecule has 2 rings (SSSR count). The van der Waals surface area contributed by atoms with Crippen LogP contribution in [0, 0.1) is 6.92 Å². The summed E-state index contributed by atoms with van der Waals surface area (Å²) < 4.78 is 10.9. The third-order valence-corrected chi connectivity index (χ3v) is 3.13. The van der Waals surface area contributed by atoms with Crippen molar-refractivity contribution in [3.8, 4) is 11.5 Å². The van der Waals surface area contributed by atoms with Gasteiger partial charge in [0, 0.05) is 10.8 Å². The molecule has 2 heteroatoms. The minimum Gasteiger partial charge on any atom is -0.496 e. The summed E-state index contributed by atoms with van der Waals surface area (Å²) in [6.45, 7) is 8.19. The molecule has 0 saturated heterocycles. The molecule has 0 heterocycles. The smallest absolute Gasteiger partial charge is 0.129 e. The van der Waals surface area contributed by atoms with Gasteiger partial charge in [-0.3, -0.25) is 0 Å². The largest absolute Gasteiger partial charge is 0.496 e. The average molecular weight is 260 g/mol. The number of methoxy groups -OCH3 is 2. The van der Waals surface area contributed by atoms with E-state index in [-0.39, 0.29) is 0 Å². The second-order valence-corrected chi connectivity index (χ2v) is 4.16. The standard InChI is InChI=1S/C15H18O2.C2H6/c1-5-11-6-7-12-13(9-11)14(16-3)8-10(2)15(12)17-4;1-2/h6-9H,5H2,1-4H3;1-2H3. The Labute approximate surface area is 116 Å². The average Bonchev–Trinajstić information content (AvgIpc) is 2.48. The van der Waals surface area contributed by atoms with Gasteiger partial charge in [-0.05, 0) is 36.6 Å². The summed E-state index contributed by atoms with van der Waals surface area (Å²) in [5.41, 5.74) is 2.41. The Kier molecular flexibility index (Phi) is 5.68. The summed E-state index contributed by atoms with van der Waals surface area (Å²) in [7, 11) is 3.42. The van der Waals surface area contributed by atoms with Gasteiger partial charge in [-0.2, -0.15) is 0 Å². The van der Waals surface area contributed by atoms with Crippen LogP contribution in [0.25, 0.3) is 10.8 Å². The van der Waals surface area contributed by atoms with Gasteiger partial charge in [0.2, 0.25) is 0 Å². The predicted molar refractivity (Wildman–Crippen MR) is 82.5 cm³/mol. The summed E-state index contributed by atoms with van der Waals surface area (Å²) >= 11 is 0. The lowest BCUT2D eigenvalue weighted by Crippen LogP contribution is -1.93. The fourth-order valence-corrected chi connectivity index (χ4v) is 2.21. The first-order chi connectivity index (χ1) is 9.21. The minimum absolute atomic E-state index is 0.911. The van der Waals surface area contributed by atoms with E-state index in [1.807, 2.05) is 26.8 Å². The van der Waals surface area contributed by atoms with Crippen LogP contribution in [0.5, 0.6) is 11.5 Å². The van der Waals surface area contributed by atoms with E-state index < -0.39 is 0 Å². The van der Waals surface area contributed by atoms with Crippen molar-refractivity contribution >= 4 is 10.8 Å². The van der Waals surface area contributed by atoms with Gasteiger partial charge in [-0.1, -0.05) is 32.9 Å². The molecule has 0 N–H and O–H groups in total. The zero-order chi connectivity index (χ0) is 14.4. The summed E-state index contributed by atoms with van der Waals surface area (Å²) in [5, 5.41) is 2.23. The van der Waals surface area contributed by atoms with Crippen molar-refractivity contribution in [3.05, 3.63) is 35.4 Å². The first-order valence-corrected chi connectivity index (χ1v) is 6.85. The van der Waals surface area contributed by atoms with Gasteiger partial charge in [0.25, 0.3) is 0 Å². The highest BCUT2D eigenvalue weighted by atomic mass is 16.5. The van der Waals surface area contributed by atoms with E-state index in [1.54, 1.807) is 14.2 Å². The number of fused-ring (bicyclic) bond motifs is 1. The third kappa shape index (κ3) is 3.01. The van der Waals surface area contributed by atoms with Crippen LogP contribution in [-0.4, -0.2) is 14.2 Å². The molecule has 2 nitrogen and oxygen atoms in total. The normalized spacial score (nSPS) is 9.79. The Bertz CT molecular complexity index is 544. The van der Waals surface area contributed by atoms with Gasteiger partial charge in [0.15, 0.2) is 0 Å². The summed E-state index contributed by atoms with van der Waals surface area (Å²) in [5.74, 6) is 1.84. The van der Waals surface area contributed by atoms with Gasteiger partial charge >= 0.3 is 0 Å². The first-order valence-electron chi connectivity index (χ1n) is 6.85. The van der Waals surface area contributed by atoms with Crippen LogP contribution >= 0.6 is 0 Å². The lowest BCUT2D eigenvalue weighted by atomic mass is 10.0. The van der Waals surface area contributed by atoms with Gasteiger partial charge in [0.05, 0.1) is 14.2 Å². The summed E-state index contributed by atoms with van der Waals surface area (Å²) in [4.78, 5) is 0. The van der Waals surface area contributed by atoms with Crippen LogP contribution in [-0.2, 0) is 6.42 Å². The third-order valence-electron chi connectivity index (χ3n) is 3.13. The quantitative estimate of drug-likeness (QED) is 0.792. The molecule has 0 amide bonds. The molecule has 0 spiro atoms. The molecule has 104 valence electrons. The van der Waals surface area contributed by atoms with Crippen LogP contribution in [0.4, 0.5) is 0 Å². The number of aryl methyl sites for hydroxylation is 2. The highest BCUT2D eigenvalue weighted by Crippen LogP contribution is 2.36. The minimum atomic E-state index is 0.911. The van der Waals surface area contributed by atoms with Crippen molar-refractivity contribution < 1.29 is 9.47 Å². The maximum Gasteiger partial charge on any atom is 0.129 e. The van der Waals surface area contributed by atoms with Crippen molar-refractivity contribution in [2.24, 2.45) is 0 Å². The first kappa shape index (κ1) is 15.4. The topological polar surface area (TPSA) is 18.5 Å². The molecule has 2 aromatic carbocycles. The van der Waals surface area contributed by atoms with Gasteiger partial charge in [-0.15, -0.1) is 0 Å². The Morgan fingerprint density at radius 2 is 1.63 bits per heavy atom. The van der Waals surface area contributed by atoms with Gasteiger partial charge in [0.1, 0.15) is 11.5 Å². The maximum atomic E-state index is 5.48. The van der Waals surface area contributed by atoms with E-state index >= 15 is 0 Å². The fourth-order valence-electron chi connectivity index (χ4n) is 2.21. The van der Waals surface area contributed by atoms with E-state index in [0.29, 0.717) is 0 Å². The van der Waals surface area contributed by atoms with Crippen LogP contribution in [0.15, 0.2) is 24.3 Å². The molecule has 0 aliphatic rings. The van der Waals surface area contributed by atoms with E-state index in [4.69, 9.17) is 9.47 Å². The molecule has 0 aliphatic carbocycles. The Morgan fingerprint density at radius 1 is 0.947 bits per heavy atom. The summed E-state index contributed by atoms with van der Waals surface area (Å²) in [6, 6.07) is 8.46. The number of hydrogen-bond donors (Lipinski definition) is 0. The number of hydrogen-bond acceptors (Lipinski definition) is 2. The molecule has 0 saturated carbocycles. The predicted octanol–water partition coefficient (Wildman–Crippen LogP) is 4.75. The van der Waals surface area contributed by atoms with E-state index in [2.05, 4.69) is 25.1 Å². The van der Waals surface area contributed by atoms with E-state index in [1.165, 1.54) is 5.56 Å². The lowest BCUT2D eigenvalue weighted by Gasteiger charge is -2.13. The maximum absolute atomic E-state index is 5.48. The molecular weight excluding hydrogens is 236 g/mol. The highest BCUT2D eigenvalue weighted by Gasteiger charge is 2.10. The molecule has 0 bridgehead atoms. The van der Waals surface area contributed by atoms with E-state index in [0.717, 1.165) is 34.3 Å². The number of rotatable bonds is 3. The Hall–Kier alpha value is -1.70. The Balaban J connectivity index is 0.000000861. The van der Waals surface area contributed by atoms with Crippen LogP contribution in [0.1, 0.15) is 31.9 Å². The Morgan fingerprint density at radius 3 is 2.16 bits per heavy atom. The molecule has 0 unspecified atom stereocenters. The monoisotopic (exact) mass is 260 g/mol. The van der Waals surface area contributed by atoms with Crippen molar-refractivity contribution in [2.45, 2.75) is 34.1 Å². The molecule has 19 heavy (non-hydrogen) atoms. The van der Waals surface area contributed by atoms with Crippen molar-refractivity contribution in [3.63, 3.8) is 0 Å². The van der Waals surface area contributed by atoms with Crippen LogP contribution < -0.4 is 9.47 Å². The van der Waals surface area contributed by atoms with Crippen LogP contribution in [0.3, 0.4) is 0 Å². The second-order valence-electron chi connectivity index (χ2n) is 4.16. The molecule has 2 aromatic rings. The second kappa shape index (κ2) is 7.03. The van der Waals surface area contributed by atoms with E-state index in [9.17, 15) is 0 Å². The number of benzene rings is 2. The fraction of sp³-hybridized carbons (Fsp3) is 0.412. The van der Waals surface area contributed by atoms with Crippen molar-refractivity contribution in [2.75, 3.05) is 14.2 Å². The molecule has 0 aromatic heterocycles. The molecule has 0 radical (unpaired) electrons. The zero-order valence-corrected chi connectivity index (χ0v) is 12.8. The lowest BCUT2D eigenvalue weighted by molar-refractivity contribution is 0.408.